The maximum Gasteiger partial charge on any atom is 0.320 e. The third kappa shape index (κ3) is 4.05. The van der Waals surface area contributed by atoms with Crippen LogP contribution in [-0.4, -0.2) is 28.1 Å². The van der Waals surface area contributed by atoms with Crippen LogP contribution in [0.3, 0.4) is 0 Å². The average molecular weight is 320 g/mol. The molecule has 0 aliphatic heterocycles. The van der Waals surface area contributed by atoms with E-state index in [1.54, 1.807) is 11.3 Å². The van der Waals surface area contributed by atoms with Crippen molar-refractivity contribution < 1.29 is 9.90 Å². The molecule has 0 aliphatic rings. The van der Waals surface area contributed by atoms with Crippen molar-refractivity contribution in [2.75, 3.05) is 0 Å². The van der Waals surface area contributed by atoms with Gasteiger partial charge in [-0.15, -0.1) is 11.3 Å². The summed E-state index contributed by atoms with van der Waals surface area (Å²) in [6.45, 7) is 6.22. The molecule has 0 spiro atoms. The summed E-state index contributed by atoms with van der Waals surface area (Å²) in [6.07, 6.45) is 2.60. The third-order valence-electron chi connectivity index (χ3n) is 4.06. The van der Waals surface area contributed by atoms with Gasteiger partial charge in [0.1, 0.15) is 6.04 Å². The van der Waals surface area contributed by atoms with Crippen molar-refractivity contribution in [3.63, 3.8) is 0 Å². The Morgan fingerprint density at radius 1 is 1.36 bits per heavy atom. The number of para-hydroxylation sites is 1. The van der Waals surface area contributed by atoms with Crippen LogP contribution in [0.15, 0.2) is 24.3 Å². The summed E-state index contributed by atoms with van der Waals surface area (Å²) in [5.41, 5.74) is 1.02. The molecular formula is C17H24N2O2S. The van der Waals surface area contributed by atoms with E-state index in [9.17, 15) is 9.90 Å². The maximum atomic E-state index is 11.4. The van der Waals surface area contributed by atoms with Crippen molar-refractivity contribution in [1.29, 1.82) is 0 Å². The molecule has 3 atom stereocenters. The first kappa shape index (κ1) is 16.9. The van der Waals surface area contributed by atoms with Gasteiger partial charge in [-0.3, -0.25) is 4.79 Å². The number of carboxylic acids is 1. The van der Waals surface area contributed by atoms with E-state index in [0.29, 0.717) is 6.42 Å². The number of hydrogen-bond donors (Lipinski definition) is 2. The fourth-order valence-electron chi connectivity index (χ4n) is 2.45. The highest BCUT2D eigenvalue weighted by Crippen LogP contribution is 2.29. The lowest BCUT2D eigenvalue weighted by molar-refractivity contribution is -0.139. The normalized spacial score (nSPS) is 15.6. The Morgan fingerprint density at radius 2 is 2.09 bits per heavy atom. The number of aliphatic carboxylic acids is 1. The van der Waals surface area contributed by atoms with Gasteiger partial charge < -0.3 is 10.4 Å². The van der Waals surface area contributed by atoms with Crippen molar-refractivity contribution in [3.8, 4) is 0 Å². The van der Waals surface area contributed by atoms with Gasteiger partial charge in [0.25, 0.3) is 0 Å². The van der Waals surface area contributed by atoms with Crippen LogP contribution in [0.5, 0.6) is 0 Å². The van der Waals surface area contributed by atoms with E-state index in [0.717, 1.165) is 23.4 Å². The van der Waals surface area contributed by atoms with Crippen LogP contribution in [0.2, 0.25) is 0 Å². The van der Waals surface area contributed by atoms with Gasteiger partial charge in [0.05, 0.1) is 15.2 Å². The largest absolute Gasteiger partial charge is 0.480 e. The number of benzene rings is 1. The highest BCUT2D eigenvalue weighted by atomic mass is 32.1. The average Bonchev–Trinajstić information content (AvgIpc) is 2.94. The van der Waals surface area contributed by atoms with E-state index in [2.05, 4.69) is 30.2 Å². The lowest BCUT2D eigenvalue weighted by atomic mass is 10.0. The molecule has 0 bridgehead atoms. The zero-order valence-electron chi connectivity index (χ0n) is 13.4. The first-order valence-corrected chi connectivity index (χ1v) is 8.69. The molecule has 2 aromatic rings. The number of hydrogen-bond acceptors (Lipinski definition) is 4. The number of carbonyl (C=O) groups is 1. The second-order valence-electron chi connectivity index (χ2n) is 5.80. The number of fused-ring (bicyclic) bond motifs is 1. The summed E-state index contributed by atoms with van der Waals surface area (Å²) in [6, 6.07) is 7.68. The molecule has 5 heteroatoms. The molecule has 0 aliphatic carbocycles. The van der Waals surface area contributed by atoms with E-state index >= 15 is 0 Å². The van der Waals surface area contributed by atoms with Crippen LogP contribution in [0.1, 0.15) is 51.0 Å². The molecule has 1 aromatic heterocycles. The quantitative estimate of drug-likeness (QED) is 0.771. The van der Waals surface area contributed by atoms with E-state index in [-0.39, 0.29) is 12.0 Å². The van der Waals surface area contributed by atoms with Gasteiger partial charge in [-0.2, -0.15) is 0 Å². The molecule has 1 heterocycles. The van der Waals surface area contributed by atoms with Gasteiger partial charge in [0, 0.05) is 12.0 Å². The number of nitrogens with zero attached hydrogens (tertiary/aromatic N) is 1. The second-order valence-corrected chi connectivity index (χ2v) is 6.86. The minimum absolute atomic E-state index is 0.0681. The Kier molecular flexibility index (Phi) is 5.91. The Bertz CT molecular complexity index is 593. The van der Waals surface area contributed by atoms with Gasteiger partial charge in [-0.05, 0) is 25.5 Å². The Morgan fingerprint density at radius 3 is 2.73 bits per heavy atom. The molecule has 2 unspecified atom stereocenters. The zero-order chi connectivity index (χ0) is 16.1. The molecule has 0 fully saturated rings. The Labute approximate surface area is 135 Å². The van der Waals surface area contributed by atoms with E-state index < -0.39 is 12.0 Å². The van der Waals surface area contributed by atoms with Crippen molar-refractivity contribution in [1.82, 2.24) is 10.3 Å². The molecule has 0 amide bonds. The fourth-order valence-corrected chi connectivity index (χ4v) is 3.57. The van der Waals surface area contributed by atoms with Gasteiger partial charge in [0.15, 0.2) is 0 Å². The van der Waals surface area contributed by atoms with Crippen LogP contribution in [-0.2, 0) is 4.79 Å². The van der Waals surface area contributed by atoms with Crippen molar-refractivity contribution in [3.05, 3.63) is 29.3 Å². The number of thiazole rings is 1. The summed E-state index contributed by atoms with van der Waals surface area (Å²) in [5, 5.41) is 13.7. The molecule has 0 radical (unpaired) electrons. The first-order chi connectivity index (χ1) is 10.5. The predicted molar refractivity (Wildman–Crippen MR) is 91.6 cm³/mol. The highest BCUT2D eigenvalue weighted by Gasteiger charge is 2.24. The lowest BCUT2D eigenvalue weighted by Crippen LogP contribution is -2.44. The first-order valence-electron chi connectivity index (χ1n) is 7.87. The van der Waals surface area contributed by atoms with Gasteiger partial charge >= 0.3 is 5.97 Å². The maximum absolute atomic E-state index is 11.4. The SMILES string of the molecule is CCCC[C@H](NC(C)C(C)c1nc2ccccc2s1)C(=O)O. The highest BCUT2D eigenvalue weighted by molar-refractivity contribution is 7.18. The van der Waals surface area contributed by atoms with Gasteiger partial charge in [-0.25, -0.2) is 4.98 Å². The summed E-state index contributed by atoms with van der Waals surface area (Å²) in [4.78, 5) is 16.0. The molecule has 1 aromatic carbocycles. The van der Waals surface area contributed by atoms with Crippen molar-refractivity contribution in [2.45, 2.75) is 58.0 Å². The standard InChI is InChI=1S/C17H24N2O2S/c1-4-5-8-14(17(20)21)18-12(3)11(2)16-19-13-9-6-7-10-15(13)22-16/h6-7,9-12,14,18H,4-5,8H2,1-3H3,(H,20,21)/t11?,12?,14-/m0/s1. The smallest absolute Gasteiger partial charge is 0.320 e. The Balaban J connectivity index is 2.06. The number of rotatable bonds is 8. The molecule has 22 heavy (non-hydrogen) atoms. The van der Waals surface area contributed by atoms with E-state index in [1.807, 2.05) is 25.1 Å². The summed E-state index contributed by atoms with van der Waals surface area (Å²) < 4.78 is 1.18. The topological polar surface area (TPSA) is 62.2 Å². The molecular weight excluding hydrogens is 296 g/mol. The monoisotopic (exact) mass is 320 g/mol. The predicted octanol–water partition coefficient (Wildman–Crippen LogP) is 4.02. The summed E-state index contributed by atoms with van der Waals surface area (Å²) >= 11 is 1.69. The number of nitrogens with one attached hydrogen (secondary N) is 1. The minimum Gasteiger partial charge on any atom is -0.480 e. The van der Waals surface area contributed by atoms with Crippen LogP contribution in [0, 0.1) is 0 Å². The summed E-state index contributed by atoms with van der Waals surface area (Å²) in [7, 11) is 0. The van der Waals surface area contributed by atoms with Crippen LogP contribution < -0.4 is 5.32 Å². The number of unbranched alkanes of at least 4 members (excludes halogenated alkanes) is 1. The van der Waals surface area contributed by atoms with E-state index in [1.165, 1.54) is 4.70 Å². The van der Waals surface area contributed by atoms with Crippen LogP contribution >= 0.6 is 11.3 Å². The second kappa shape index (κ2) is 7.70. The molecule has 120 valence electrons. The molecule has 2 rings (SSSR count). The summed E-state index contributed by atoms with van der Waals surface area (Å²) in [5.74, 6) is -0.585. The van der Waals surface area contributed by atoms with Crippen molar-refractivity contribution in [2.24, 2.45) is 0 Å². The molecule has 2 N–H and O–H groups in total. The van der Waals surface area contributed by atoms with Crippen molar-refractivity contribution >= 4 is 27.5 Å². The number of carboxylic acid groups (broad SMARTS) is 1. The van der Waals surface area contributed by atoms with Gasteiger partial charge in [-0.1, -0.05) is 38.8 Å². The van der Waals surface area contributed by atoms with Gasteiger partial charge in [0.2, 0.25) is 0 Å². The van der Waals surface area contributed by atoms with Crippen LogP contribution in [0.25, 0.3) is 10.2 Å². The minimum atomic E-state index is -0.767. The molecule has 0 saturated carbocycles. The lowest BCUT2D eigenvalue weighted by Gasteiger charge is -2.24. The third-order valence-corrected chi connectivity index (χ3v) is 5.30. The van der Waals surface area contributed by atoms with Crippen LogP contribution in [0.4, 0.5) is 0 Å². The van der Waals surface area contributed by atoms with E-state index in [4.69, 9.17) is 0 Å². The fraction of sp³-hybridized carbons (Fsp3) is 0.529. The zero-order valence-corrected chi connectivity index (χ0v) is 14.2. The Hall–Kier alpha value is -1.46. The molecule has 0 saturated heterocycles. The molecule has 4 nitrogen and oxygen atoms in total. The number of aromatic nitrogens is 1.